The SMILES string of the molecule is COc1cc(/C=C/C(=O)N(C)CCCNc2cc(=O)oc3ccccc23)cc(OC)c1OC. The van der Waals surface area contributed by atoms with Crippen LogP contribution in [0, 0.1) is 0 Å². The zero-order valence-electron chi connectivity index (χ0n) is 19.2. The Morgan fingerprint density at radius 2 is 1.76 bits per heavy atom. The van der Waals surface area contributed by atoms with E-state index >= 15 is 0 Å². The normalized spacial score (nSPS) is 10.9. The van der Waals surface area contributed by atoms with Crippen molar-refractivity contribution < 1.29 is 23.4 Å². The predicted molar refractivity (Wildman–Crippen MR) is 128 cm³/mol. The number of benzene rings is 2. The average molecular weight is 453 g/mol. The van der Waals surface area contributed by atoms with Crippen LogP contribution in [0.1, 0.15) is 12.0 Å². The summed E-state index contributed by atoms with van der Waals surface area (Å²) in [5.41, 5.74) is 1.61. The van der Waals surface area contributed by atoms with Gasteiger partial charge >= 0.3 is 5.63 Å². The summed E-state index contributed by atoms with van der Waals surface area (Å²) in [6, 6.07) is 12.4. The molecule has 1 amide bonds. The van der Waals surface area contributed by atoms with Crippen molar-refractivity contribution in [1.29, 1.82) is 0 Å². The Hall–Kier alpha value is -3.94. The first kappa shape index (κ1) is 23.7. The number of nitrogens with zero attached hydrogens (tertiary/aromatic N) is 1. The molecule has 33 heavy (non-hydrogen) atoms. The molecule has 8 nitrogen and oxygen atoms in total. The Morgan fingerprint density at radius 1 is 1.06 bits per heavy atom. The molecule has 0 saturated heterocycles. The van der Waals surface area contributed by atoms with Gasteiger partial charge in [-0.05, 0) is 42.3 Å². The van der Waals surface area contributed by atoms with Crippen LogP contribution in [0.2, 0.25) is 0 Å². The van der Waals surface area contributed by atoms with Gasteiger partial charge in [-0.25, -0.2) is 4.79 Å². The van der Waals surface area contributed by atoms with Crippen LogP contribution < -0.4 is 25.2 Å². The maximum Gasteiger partial charge on any atom is 0.338 e. The summed E-state index contributed by atoms with van der Waals surface area (Å²) in [7, 11) is 6.37. The van der Waals surface area contributed by atoms with Crippen LogP contribution in [0.4, 0.5) is 5.69 Å². The number of nitrogens with one attached hydrogen (secondary N) is 1. The van der Waals surface area contributed by atoms with E-state index in [1.165, 1.54) is 12.1 Å². The molecule has 0 spiro atoms. The first-order chi connectivity index (χ1) is 16.0. The summed E-state index contributed by atoms with van der Waals surface area (Å²) >= 11 is 0. The van der Waals surface area contributed by atoms with Gasteiger partial charge in [0.25, 0.3) is 0 Å². The molecule has 0 bridgehead atoms. The Bertz CT molecular complexity index is 1180. The Kier molecular flexibility index (Phi) is 7.96. The van der Waals surface area contributed by atoms with Gasteiger partial charge < -0.3 is 28.8 Å². The van der Waals surface area contributed by atoms with Gasteiger partial charge in [0.2, 0.25) is 11.7 Å². The fourth-order valence-corrected chi connectivity index (χ4v) is 3.40. The number of fused-ring (bicyclic) bond motifs is 1. The minimum absolute atomic E-state index is 0.130. The molecule has 0 fully saturated rings. The number of amides is 1. The van der Waals surface area contributed by atoms with Gasteiger partial charge in [0, 0.05) is 37.7 Å². The second-order valence-electron chi connectivity index (χ2n) is 7.31. The van der Waals surface area contributed by atoms with Crippen molar-refractivity contribution in [3.8, 4) is 17.2 Å². The largest absolute Gasteiger partial charge is 0.493 e. The number of ether oxygens (including phenoxy) is 3. The molecule has 3 aromatic rings. The topological polar surface area (TPSA) is 90.2 Å². The minimum Gasteiger partial charge on any atom is -0.493 e. The fourth-order valence-electron chi connectivity index (χ4n) is 3.40. The summed E-state index contributed by atoms with van der Waals surface area (Å²) in [5.74, 6) is 1.41. The van der Waals surface area contributed by atoms with Crippen LogP contribution in [0.25, 0.3) is 17.0 Å². The van der Waals surface area contributed by atoms with Crippen molar-refractivity contribution in [3.05, 3.63) is 64.5 Å². The molecule has 174 valence electrons. The molecule has 1 heterocycles. The molecule has 0 saturated carbocycles. The average Bonchev–Trinajstić information content (AvgIpc) is 2.83. The molecular weight excluding hydrogens is 424 g/mol. The third-order valence-corrected chi connectivity index (χ3v) is 5.12. The van der Waals surface area contributed by atoms with Gasteiger partial charge in [-0.15, -0.1) is 0 Å². The first-order valence-electron chi connectivity index (χ1n) is 10.5. The zero-order valence-corrected chi connectivity index (χ0v) is 19.2. The second kappa shape index (κ2) is 11.1. The number of likely N-dealkylation sites (N-methyl/N-ethyl adjacent to an activating group) is 1. The van der Waals surface area contributed by atoms with E-state index in [2.05, 4.69) is 5.32 Å². The summed E-state index contributed by atoms with van der Waals surface area (Å²) in [6.07, 6.45) is 3.91. The molecule has 8 heteroatoms. The fraction of sp³-hybridized carbons (Fsp3) is 0.280. The van der Waals surface area contributed by atoms with Gasteiger partial charge in [0.1, 0.15) is 5.58 Å². The second-order valence-corrected chi connectivity index (χ2v) is 7.31. The van der Waals surface area contributed by atoms with Crippen LogP contribution in [-0.4, -0.2) is 52.3 Å². The van der Waals surface area contributed by atoms with Crippen molar-refractivity contribution in [1.82, 2.24) is 4.90 Å². The lowest BCUT2D eigenvalue weighted by atomic mass is 10.1. The number of rotatable bonds is 10. The molecule has 1 N–H and O–H groups in total. The number of para-hydroxylation sites is 1. The highest BCUT2D eigenvalue weighted by molar-refractivity contribution is 5.92. The van der Waals surface area contributed by atoms with E-state index in [0.29, 0.717) is 42.3 Å². The maximum atomic E-state index is 12.5. The van der Waals surface area contributed by atoms with Crippen LogP contribution in [0.5, 0.6) is 17.2 Å². The third kappa shape index (κ3) is 5.85. The lowest BCUT2D eigenvalue weighted by molar-refractivity contribution is -0.124. The molecule has 2 aromatic carbocycles. The summed E-state index contributed by atoms with van der Waals surface area (Å²) < 4.78 is 21.2. The maximum absolute atomic E-state index is 12.5. The molecule has 1 aromatic heterocycles. The van der Waals surface area contributed by atoms with Crippen molar-refractivity contribution in [2.24, 2.45) is 0 Å². The van der Waals surface area contributed by atoms with E-state index in [1.54, 1.807) is 57.6 Å². The molecule has 3 rings (SSSR count). The number of hydrogen-bond donors (Lipinski definition) is 1. The summed E-state index contributed by atoms with van der Waals surface area (Å²) in [4.78, 5) is 25.9. The van der Waals surface area contributed by atoms with Crippen LogP contribution in [0.3, 0.4) is 0 Å². The Labute approximate surface area is 192 Å². The highest BCUT2D eigenvalue weighted by atomic mass is 16.5. The number of anilines is 1. The van der Waals surface area contributed by atoms with Crippen LogP contribution in [-0.2, 0) is 4.79 Å². The van der Waals surface area contributed by atoms with Gasteiger partial charge in [0.05, 0.1) is 27.0 Å². The molecule has 0 aliphatic carbocycles. The quantitative estimate of drug-likeness (QED) is 0.284. The molecule has 0 unspecified atom stereocenters. The van der Waals surface area contributed by atoms with Crippen molar-refractivity contribution >= 4 is 28.6 Å². The smallest absolute Gasteiger partial charge is 0.338 e. The summed E-state index contributed by atoms with van der Waals surface area (Å²) in [5, 5.41) is 4.10. The monoisotopic (exact) mass is 452 g/mol. The van der Waals surface area contributed by atoms with Gasteiger partial charge in [-0.3, -0.25) is 4.79 Å². The van der Waals surface area contributed by atoms with Gasteiger partial charge in [-0.1, -0.05) is 12.1 Å². The van der Waals surface area contributed by atoms with E-state index in [4.69, 9.17) is 18.6 Å². The number of hydrogen-bond acceptors (Lipinski definition) is 7. The van der Waals surface area contributed by atoms with E-state index in [1.807, 2.05) is 18.2 Å². The molecule has 0 aliphatic rings. The van der Waals surface area contributed by atoms with E-state index in [9.17, 15) is 9.59 Å². The van der Waals surface area contributed by atoms with E-state index < -0.39 is 5.63 Å². The number of carbonyl (C=O) groups excluding carboxylic acids is 1. The van der Waals surface area contributed by atoms with Crippen LogP contribution in [0.15, 0.2) is 57.8 Å². The first-order valence-corrected chi connectivity index (χ1v) is 10.5. The van der Waals surface area contributed by atoms with E-state index in [-0.39, 0.29) is 5.91 Å². The lowest BCUT2D eigenvalue weighted by Crippen LogP contribution is -2.27. The minimum atomic E-state index is -0.402. The van der Waals surface area contributed by atoms with Gasteiger partial charge in [0.15, 0.2) is 11.5 Å². The number of methoxy groups -OCH3 is 3. The Morgan fingerprint density at radius 3 is 2.42 bits per heavy atom. The van der Waals surface area contributed by atoms with Gasteiger partial charge in [-0.2, -0.15) is 0 Å². The summed E-state index contributed by atoms with van der Waals surface area (Å²) in [6.45, 7) is 1.15. The molecule has 0 radical (unpaired) electrons. The standard InChI is InChI=1S/C25H28N2O6/c1-27(13-7-12-26-19-16-24(29)33-20-9-6-5-8-18(19)20)23(28)11-10-17-14-21(30-2)25(32-4)22(15-17)31-3/h5-6,8-11,14-16,26H,7,12-13H2,1-4H3/b11-10+. The van der Waals surface area contributed by atoms with Crippen molar-refractivity contribution in [3.63, 3.8) is 0 Å². The van der Waals surface area contributed by atoms with Crippen LogP contribution >= 0.6 is 0 Å². The number of carbonyl (C=O) groups is 1. The molecular formula is C25H28N2O6. The molecule has 0 atom stereocenters. The van der Waals surface area contributed by atoms with Crippen molar-refractivity contribution in [2.45, 2.75) is 6.42 Å². The highest BCUT2D eigenvalue weighted by Crippen LogP contribution is 2.38. The van der Waals surface area contributed by atoms with E-state index in [0.717, 1.165) is 16.6 Å². The van der Waals surface area contributed by atoms with Crippen molar-refractivity contribution in [2.75, 3.05) is 46.8 Å². The highest BCUT2D eigenvalue weighted by Gasteiger charge is 2.12. The Balaban J connectivity index is 1.56. The zero-order chi connectivity index (χ0) is 23.8. The lowest BCUT2D eigenvalue weighted by Gasteiger charge is -2.16. The predicted octanol–water partition coefficient (Wildman–Crippen LogP) is 3.79. The molecule has 0 aliphatic heterocycles. The third-order valence-electron chi connectivity index (χ3n) is 5.12.